The smallest absolute Gasteiger partial charge is 0.393 e. The van der Waals surface area contributed by atoms with Gasteiger partial charge in [-0.15, -0.1) is 0 Å². The van der Waals surface area contributed by atoms with Gasteiger partial charge in [-0.3, -0.25) is 9.74 Å². The average molecular weight is 563 g/mol. The number of hydrogen-bond acceptors (Lipinski definition) is 6. The van der Waals surface area contributed by atoms with Crippen molar-refractivity contribution < 1.29 is 19.2 Å². The Kier molecular flexibility index (Phi) is 10.3. The molecule has 4 fully saturated rings. The Morgan fingerprint density at radius 3 is 2.42 bits per heavy atom. The maximum Gasteiger partial charge on any atom is 0.436 e. The van der Waals surface area contributed by atoms with Gasteiger partial charge in [-0.25, -0.2) is 4.79 Å². The fraction of sp³-hybridized carbons (Fsp3) is 0.938. The highest BCUT2D eigenvalue weighted by atomic mass is 16.7. The van der Waals surface area contributed by atoms with Gasteiger partial charge in [0.15, 0.2) is 0 Å². The number of carbonyl (C=O) groups excluding carboxylic acids is 1. The second-order valence-electron chi connectivity index (χ2n) is 15.2. The number of likely N-dealkylation sites (N-methyl/N-ethyl adjacent to an activating group) is 2. The quantitative estimate of drug-likeness (QED) is 0.115. The number of carbonyl (C=O) groups is 1. The molecule has 3 N–H and O–H groups in total. The van der Waals surface area contributed by atoms with Crippen LogP contribution >= 0.6 is 0 Å². The van der Waals surface area contributed by atoms with Crippen molar-refractivity contribution >= 4 is 11.8 Å². The third kappa shape index (κ3) is 6.87. The van der Waals surface area contributed by atoms with Gasteiger partial charge in [0.25, 0.3) is 0 Å². The largest absolute Gasteiger partial charge is 0.436 e. The summed E-state index contributed by atoms with van der Waals surface area (Å²) in [6.45, 7) is 11.8. The molecule has 1 amide bonds. The van der Waals surface area contributed by atoms with E-state index in [2.05, 4.69) is 57.7 Å². The van der Waals surface area contributed by atoms with E-state index in [1.54, 1.807) is 4.90 Å². The topological polar surface area (TPSA) is 86.2 Å². The monoisotopic (exact) mass is 562 g/mol. The number of aliphatic hydroxyl groups is 1. The van der Waals surface area contributed by atoms with Crippen molar-refractivity contribution in [3.05, 3.63) is 0 Å². The van der Waals surface area contributed by atoms with E-state index < -0.39 is 0 Å². The highest BCUT2D eigenvalue weighted by molar-refractivity contribution is 5.85. The summed E-state index contributed by atoms with van der Waals surface area (Å²) < 4.78 is 0.795. The molecule has 0 spiro atoms. The van der Waals surface area contributed by atoms with Crippen LogP contribution in [0.2, 0.25) is 0 Å². The summed E-state index contributed by atoms with van der Waals surface area (Å²) in [5.74, 6) is 3.39. The Balaban J connectivity index is 1.38. The van der Waals surface area contributed by atoms with Crippen molar-refractivity contribution in [1.29, 1.82) is 0 Å². The number of amides is 1. The van der Waals surface area contributed by atoms with Crippen LogP contribution in [0.3, 0.4) is 0 Å². The highest BCUT2D eigenvalue weighted by Gasteiger charge is 2.60. The lowest BCUT2D eigenvalue weighted by molar-refractivity contribution is -0.869. The number of nitrogens with one attached hydrogen (secondary N) is 2. The second-order valence-corrected chi connectivity index (χ2v) is 15.2. The van der Waals surface area contributed by atoms with Crippen molar-refractivity contribution in [2.45, 2.75) is 84.7 Å². The van der Waals surface area contributed by atoms with Crippen LogP contribution in [-0.4, -0.2) is 99.9 Å². The Morgan fingerprint density at radius 2 is 1.70 bits per heavy atom. The lowest BCUT2D eigenvalue weighted by Crippen LogP contribution is -2.54. The van der Waals surface area contributed by atoms with E-state index in [4.69, 9.17) is 4.84 Å². The molecule has 4 rings (SSSR count). The molecular weight excluding hydrogens is 502 g/mol. The number of nitrogens with zero attached hydrogens (tertiary/aromatic N) is 3. The molecule has 0 heterocycles. The maximum absolute atomic E-state index is 13.2. The molecule has 4 aliphatic carbocycles. The Bertz CT molecular complexity index is 890. The lowest BCUT2D eigenvalue weighted by Gasteiger charge is -2.61. The van der Waals surface area contributed by atoms with Crippen LogP contribution in [0.15, 0.2) is 5.16 Å². The molecule has 0 aromatic heterocycles. The van der Waals surface area contributed by atoms with Gasteiger partial charge in [-0.1, -0.05) is 19.0 Å². The minimum Gasteiger partial charge on any atom is -0.393 e. The average Bonchev–Trinajstić information content (AvgIpc) is 3.26. The zero-order chi connectivity index (χ0) is 29.1. The summed E-state index contributed by atoms with van der Waals surface area (Å²) in [7, 11) is 8.38. The van der Waals surface area contributed by atoms with Crippen LogP contribution < -0.4 is 10.6 Å². The van der Waals surface area contributed by atoms with E-state index in [0.29, 0.717) is 30.3 Å². The molecule has 0 aromatic rings. The van der Waals surface area contributed by atoms with Gasteiger partial charge in [-0.05, 0) is 106 Å². The van der Waals surface area contributed by atoms with Gasteiger partial charge in [0.05, 0.1) is 46.0 Å². The number of quaternary nitrogens is 1. The van der Waals surface area contributed by atoms with E-state index in [9.17, 15) is 9.90 Å². The number of hydrogen-bond donors (Lipinski definition) is 3. The predicted molar refractivity (Wildman–Crippen MR) is 162 cm³/mol. The molecule has 40 heavy (non-hydrogen) atoms. The fourth-order valence-corrected chi connectivity index (χ4v) is 9.42. The minimum atomic E-state index is -0.336. The number of fused-ring (bicyclic) bond motifs is 5. The molecule has 230 valence electrons. The predicted octanol–water partition coefficient (Wildman–Crippen LogP) is 4.34. The first-order valence-corrected chi connectivity index (χ1v) is 16.2. The summed E-state index contributed by atoms with van der Waals surface area (Å²) in [5, 5.41) is 21.4. The highest BCUT2D eigenvalue weighted by Crippen LogP contribution is 2.67. The summed E-state index contributed by atoms with van der Waals surface area (Å²) in [6.07, 6.45) is 10.3. The Morgan fingerprint density at radius 1 is 0.975 bits per heavy atom. The number of rotatable bonds is 11. The minimum absolute atomic E-state index is 0.0843. The van der Waals surface area contributed by atoms with E-state index in [-0.39, 0.29) is 17.6 Å². The summed E-state index contributed by atoms with van der Waals surface area (Å²) in [5.41, 5.74) is 1.63. The molecule has 0 bridgehead atoms. The van der Waals surface area contributed by atoms with Crippen LogP contribution in [0.25, 0.3) is 0 Å². The van der Waals surface area contributed by atoms with Gasteiger partial charge in [-0.2, -0.15) is 0 Å². The van der Waals surface area contributed by atoms with Crippen LogP contribution in [0.1, 0.15) is 78.6 Å². The first-order chi connectivity index (χ1) is 18.9. The van der Waals surface area contributed by atoms with E-state index >= 15 is 0 Å². The van der Waals surface area contributed by atoms with Crippen molar-refractivity contribution in [1.82, 2.24) is 15.5 Å². The first-order valence-electron chi connectivity index (χ1n) is 16.2. The summed E-state index contributed by atoms with van der Waals surface area (Å²) in [4.78, 5) is 20.6. The third-order valence-electron chi connectivity index (χ3n) is 11.8. The van der Waals surface area contributed by atoms with Gasteiger partial charge in [0, 0.05) is 32.1 Å². The van der Waals surface area contributed by atoms with Crippen molar-refractivity contribution in [3.63, 3.8) is 0 Å². The van der Waals surface area contributed by atoms with Crippen LogP contribution in [0.5, 0.6) is 0 Å². The molecule has 0 unspecified atom stereocenters. The van der Waals surface area contributed by atoms with Gasteiger partial charge in [0.2, 0.25) is 0 Å². The van der Waals surface area contributed by atoms with Crippen molar-refractivity contribution in [2.24, 2.45) is 45.6 Å². The first kappa shape index (κ1) is 31.7. The zero-order valence-electron chi connectivity index (χ0n) is 26.7. The summed E-state index contributed by atoms with van der Waals surface area (Å²) in [6, 6.07) is 0. The van der Waals surface area contributed by atoms with Gasteiger partial charge < -0.3 is 20.2 Å². The van der Waals surface area contributed by atoms with Gasteiger partial charge >= 0.3 is 6.09 Å². The number of aliphatic hydroxyl groups excluding tert-OH is 1. The normalized spacial score (nSPS) is 37.9. The van der Waals surface area contributed by atoms with E-state index in [0.717, 1.165) is 73.4 Å². The fourth-order valence-electron chi connectivity index (χ4n) is 9.42. The van der Waals surface area contributed by atoms with Crippen molar-refractivity contribution in [3.8, 4) is 0 Å². The molecule has 4 aliphatic rings. The van der Waals surface area contributed by atoms with E-state index in [1.807, 2.05) is 7.05 Å². The molecule has 8 nitrogen and oxygen atoms in total. The lowest BCUT2D eigenvalue weighted by atomic mass is 9.44. The molecule has 8 atom stereocenters. The molecule has 4 saturated carbocycles. The van der Waals surface area contributed by atoms with Crippen LogP contribution in [0, 0.1) is 40.4 Å². The van der Waals surface area contributed by atoms with E-state index in [1.165, 1.54) is 38.5 Å². The molecule has 0 aromatic carbocycles. The Labute approximate surface area is 244 Å². The second kappa shape index (κ2) is 13.0. The molecule has 8 heteroatoms. The number of oxime groups is 1. The molecule has 0 aliphatic heterocycles. The van der Waals surface area contributed by atoms with Crippen LogP contribution in [-0.2, 0) is 4.84 Å². The Hall–Kier alpha value is -1.22. The maximum atomic E-state index is 13.2. The molecular formula is C32H60N5O3+. The third-order valence-corrected chi connectivity index (χ3v) is 11.8. The molecule has 0 radical (unpaired) electrons. The van der Waals surface area contributed by atoms with Crippen LogP contribution in [0.4, 0.5) is 4.79 Å². The van der Waals surface area contributed by atoms with Gasteiger partial charge in [0.1, 0.15) is 0 Å². The standard InChI is InChI=1S/C32H60N5O3/c1-23(35-40-30(39)36(20-21-37(5,6)7)19-18-34-17-16-33-4)27-10-11-28-26-9-8-24-22-25(38)12-14-31(24,2)29(26)13-15-32(27,28)3/h24-29,33-34,38H,8-22H2,1-7H3/q+1/b35-23+/t24-,25-,26-,27+,28-,29-,31-,32+/m0/s1. The summed E-state index contributed by atoms with van der Waals surface area (Å²) >= 11 is 0. The SMILES string of the molecule is CNCCNCCN(CC[N+](C)(C)C)C(=O)O/N=C(\C)[C@H]1CC[C@H]2[C@@H]3CC[C@H]4C[C@@H](O)CC[C@]4(C)[C@H]3CC[C@]12C. The van der Waals surface area contributed by atoms with Crippen molar-refractivity contribution in [2.75, 3.05) is 67.5 Å². The molecule has 0 saturated heterocycles. The zero-order valence-corrected chi connectivity index (χ0v) is 26.7.